The first-order valence-corrected chi connectivity index (χ1v) is 11.7. The summed E-state index contributed by atoms with van der Waals surface area (Å²) in [7, 11) is -2.51. The molecule has 4 rings (SSSR count). The van der Waals surface area contributed by atoms with Gasteiger partial charge < -0.3 is 9.41 Å². The highest BCUT2D eigenvalue weighted by Gasteiger charge is 2.50. The van der Waals surface area contributed by atoms with E-state index >= 15 is 0 Å². The van der Waals surface area contributed by atoms with Crippen molar-refractivity contribution in [2.75, 3.05) is 0 Å². The van der Waals surface area contributed by atoms with Crippen molar-refractivity contribution >= 4 is 29.6 Å². The van der Waals surface area contributed by atoms with Crippen LogP contribution in [0.2, 0.25) is 5.04 Å². The molecule has 0 aliphatic heterocycles. The Balaban J connectivity index is 1.84. The number of aromatic amines is 1. The maximum absolute atomic E-state index is 7.05. The van der Waals surface area contributed by atoms with E-state index < -0.39 is 8.32 Å². The summed E-state index contributed by atoms with van der Waals surface area (Å²) in [6, 6.07) is 30.1. The number of benzene rings is 3. The number of hydrogen-bond acceptors (Lipinski definition) is 1. The third kappa shape index (κ3) is 3.21. The van der Waals surface area contributed by atoms with E-state index in [0.717, 1.165) is 0 Å². The van der Waals surface area contributed by atoms with Gasteiger partial charge in [0.15, 0.2) is 0 Å². The Morgan fingerprint density at radius 3 is 1.93 bits per heavy atom. The van der Waals surface area contributed by atoms with Crippen molar-refractivity contribution in [3.05, 3.63) is 96.7 Å². The lowest BCUT2D eigenvalue weighted by molar-refractivity contribution is 0.287. The molecule has 28 heavy (non-hydrogen) atoms. The van der Waals surface area contributed by atoms with E-state index in [1.807, 2.05) is 6.20 Å². The summed E-state index contributed by atoms with van der Waals surface area (Å²) in [5.74, 6) is 0. The Kier molecular flexibility index (Phi) is 4.96. The molecular weight excluding hydrogens is 358 g/mol. The van der Waals surface area contributed by atoms with Crippen LogP contribution in [0.5, 0.6) is 0 Å². The molecular formula is C25H27NOSi. The molecule has 0 spiro atoms. The van der Waals surface area contributed by atoms with Gasteiger partial charge in [-0.2, -0.15) is 0 Å². The Morgan fingerprint density at radius 1 is 0.750 bits per heavy atom. The van der Waals surface area contributed by atoms with Gasteiger partial charge in [0, 0.05) is 11.8 Å². The van der Waals surface area contributed by atoms with Gasteiger partial charge in [-0.3, -0.25) is 0 Å². The maximum Gasteiger partial charge on any atom is 0.261 e. The van der Waals surface area contributed by atoms with E-state index in [2.05, 4.69) is 111 Å². The molecule has 0 bridgehead atoms. The molecule has 3 heteroatoms. The summed E-state index contributed by atoms with van der Waals surface area (Å²) in [6.45, 7) is 7.53. The van der Waals surface area contributed by atoms with Gasteiger partial charge in [-0.1, -0.05) is 99.6 Å². The molecule has 0 amide bonds. The minimum absolute atomic E-state index is 0.0145. The van der Waals surface area contributed by atoms with Gasteiger partial charge in [-0.05, 0) is 26.9 Å². The molecule has 0 unspecified atom stereocenters. The zero-order valence-corrected chi connectivity index (χ0v) is 17.8. The number of rotatable bonds is 5. The van der Waals surface area contributed by atoms with Crippen LogP contribution in [0.25, 0.3) is 10.9 Å². The van der Waals surface area contributed by atoms with Crippen LogP contribution < -0.4 is 10.4 Å². The first-order valence-electron chi connectivity index (χ1n) is 9.82. The van der Waals surface area contributed by atoms with Crippen molar-refractivity contribution in [1.82, 2.24) is 4.98 Å². The van der Waals surface area contributed by atoms with Crippen LogP contribution in [0.4, 0.5) is 0 Å². The van der Waals surface area contributed by atoms with Gasteiger partial charge in [-0.15, -0.1) is 0 Å². The molecule has 2 nitrogen and oxygen atoms in total. The fourth-order valence-corrected chi connectivity index (χ4v) is 8.75. The van der Waals surface area contributed by atoms with Gasteiger partial charge in [0.1, 0.15) is 0 Å². The topological polar surface area (TPSA) is 25.0 Å². The first-order chi connectivity index (χ1) is 13.5. The minimum Gasteiger partial charge on any atom is -0.403 e. The van der Waals surface area contributed by atoms with Crippen molar-refractivity contribution in [1.29, 1.82) is 0 Å². The normalized spacial score (nSPS) is 12.4. The molecule has 4 aromatic rings. The monoisotopic (exact) mass is 385 g/mol. The van der Waals surface area contributed by atoms with Crippen molar-refractivity contribution in [2.45, 2.75) is 32.4 Å². The molecule has 0 fully saturated rings. The van der Waals surface area contributed by atoms with E-state index in [1.54, 1.807) is 0 Å². The molecule has 142 valence electrons. The van der Waals surface area contributed by atoms with Crippen LogP contribution in [0, 0.1) is 0 Å². The van der Waals surface area contributed by atoms with Gasteiger partial charge in [0.05, 0.1) is 12.1 Å². The molecule has 1 N–H and O–H groups in total. The standard InChI is InChI=1S/C25H27NOSi/c1-25(2,3)28(22-13-6-4-7-14-22,23-15-8-5-9-16-23)27-19-21-12-10-11-20-17-18-26-24(20)21/h4-18,26H,19H2,1-3H3. The van der Waals surface area contributed by atoms with Crippen LogP contribution in [-0.2, 0) is 11.0 Å². The second-order valence-electron chi connectivity index (χ2n) is 8.31. The zero-order valence-electron chi connectivity index (χ0n) is 16.8. The summed E-state index contributed by atoms with van der Waals surface area (Å²) in [6.07, 6.45) is 2.00. The summed E-state index contributed by atoms with van der Waals surface area (Å²) in [4.78, 5) is 3.38. The molecule has 0 aliphatic rings. The first kappa shape index (κ1) is 18.7. The lowest BCUT2D eigenvalue weighted by Crippen LogP contribution is -2.66. The third-order valence-electron chi connectivity index (χ3n) is 5.53. The second kappa shape index (κ2) is 7.42. The average Bonchev–Trinajstić information content (AvgIpc) is 3.19. The lowest BCUT2D eigenvalue weighted by atomic mass is 10.1. The Labute approximate surface area is 168 Å². The number of fused-ring (bicyclic) bond motifs is 1. The molecule has 0 saturated heterocycles. The van der Waals surface area contributed by atoms with Gasteiger partial charge in [0.2, 0.25) is 0 Å². The molecule has 1 heterocycles. The van der Waals surface area contributed by atoms with Crippen molar-refractivity contribution in [3.8, 4) is 0 Å². The Hall–Kier alpha value is -2.62. The molecule has 3 aromatic carbocycles. The summed E-state index contributed by atoms with van der Waals surface area (Å²) in [5, 5.41) is 3.84. The average molecular weight is 386 g/mol. The second-order valence-corrected chi connectivity index (χ2v) is 12.6. The number of hydrogen-bond donors (Lipinski definition) is 1. The largest absolute Gasteiger partial charge is 0.403 e. The molecule has 1 aromatic heterocycles. The van der Waals surface area contributed by atoms with Crippen molar-refractivity contribution in [2.24, 2.45) is 0 Å². The summed E-state index contributed by atoms with van der Waals surface area (Å²) in [5.41, 5.74) is 2.37. The number of para-hydroxylation sites is 1. The van der Waals surface area contributed by atoms with E-state index in [1.165, 1.54) is 26.8 Å². The number of aromatic nitrogens is 1. The molecule has 0 aliphatic carbocycles. The van der Waals surface area contributed by atoms with Crippen LogP contribution in [0.15, 0.2) is 91.1 Å². The lowest BCUT2D eigenvalue weighted by Gasteiger charge is -2.43. The quantitative estimate of drug-likeness (QED) is 0.467. The molecule has 0 radical (unpaired) electrons. The Morgan fingerprint density at radius 2 is 1.36 bits per heavy atom. The third-order valence-corrected chi connectivity index (χ3v) is 10.5. The molecule has 0 atom stereocenters. The van der Waals surface area contributed by atoms with Gasteiger partial charge in [-0.25, -0.2) is 0 Å². The predicted octanol–water partition coefficient (Wildman–Crippen LogP) is 5.24. The molecule has 0 saturated carbocycles. The number of H-pyrrole nitrogens is 1. The summed E-state index contributed by atoms with van der Waals surface area (Å²) < 4.78 is 7.05. The van der Waals surface area contributed by atoms with E-state index in [4.69, 9.17) is 4.43 Å². The van der Waals surface area contributed by atoms with Gasteiger partial charge in [0.25, 0.3) is 8.32 Å². The van der Waals surface area contributed by atoms with Crippen LogP contribution in [0.1, 0.15) is 26.3 Å². The highest BCUT2D eigenvalue weighted by molar-refractivity contribution is 6.99. The zero-order chi connectivity index (χ0) is 19.6. The van der Waals surface area contributed by atoms with E-state index in [9.17, 15) is 0 Å². The maximum atomic E-state index is 7.05. The van der Waals surface area contributed by atoms with Crippen LogP contribution >= 0.6 is 0 Å². The van der Waals surface area contributed by atoms with Gasteiger partial charge >= 0.3 is 0 Å². The predicted molar refractivity (Wildman–Crippen MR) is 121 cm³/mol. The fraction of sp³-hybridized carbons (Fsp3) is 0.200. The highest BCUT2D eigenvalue weighted by atomic mass is 28.4. The summed E-state index contributed by atoms with van der Waals surface area (Å²) >= 11 is 0. The Bertz CT molecular complexity index is 1010. The van der Waals surface area contributed by atoms with E-state index in [-0.39, 0.29) is 5.04 Å². The SMILES string of the molecule is CC(C)(C)[Si](OCc1cccc2cc[nH]c12)(c1ccccc1)c1ccccc1. The fourth-order valence-electron chi connectivity index (χ4n) is 4.22. The minimum atomic E-state index is -2.51. The van der Waals surface area contributed by atoms with Crippen molar-refractivity contribution < 1.29 is 4.43 Å². The van der Waals surface area contributed by atoms with Crippen molar-refractivity contribution in [3.63, 3.8) is 0 Å². The van der Waals surface area contributed by atoms with Crippen LogP contribution in [0.3, 0.4) is 0 Å². The van der Waals surface area contributed by atoms with Crippen LogP contribution in [-0.4, -0.2) is 13.3 Å². The van der Waals surface area contributed by atoms with E-state index in [0.29, 0.717) is 6.61 Å². The smallest absolute Gasteiger partial charge is 0.261 e. The highest BCUT2D eigenvalue weighted by Crippen LogP contribution is 2.37. The number of nitrogens with one attached hydrogen (secondary N) is 1.